The first kappa shape index (κ1) is 21.2. The third kappa shape index (κ3) is 4.68. The largest absolute Gasteiger partial charge is 0.459 e. The summed E-state index contributed by atoms with van der Waals surface area (Å²) in [5, 5.41) is 3.20. The molecule has 7 nitrogen and oxygen atoms in total. The van der Waals surface area contributed by atoms with Crippen molar-refractivity contribution in [2.75, 3.05) is 18.4 Å². The van der Waals surface area contributed by atoms with Gasteiger partial charge in [0, 0.05) is 36.1 Å². The van der Waals surface area contributed by atoms with Crippen molar-refractivity contribution < 1.29 is 18.7 Å². The Hall–Kier alpha value is -3.03. The first-order chi connectivity index (χ1) is 14.7. The number of esters is 1. The molecule has 2 aliphatic rings. The van der Waals surface area contributed by atoms with Crippen molar-refractivity contribution in [2.45, 2.75) is 51.6 Å². The van der Waals surface area contributed by atoms with Gasteiger partial charge in [-0.25, -0.2) is 9.37 Å². The van der Waals surface area contributed by atoms with Crippen molar-refractivity contribution >= 4 is 23.4 Å². The normalized spacial score (nSPS) is 21.1. The predicted octanol–water partition coefficient (Wildman–Crippen LogP) is 3.72. The van der Waals surface area contributed by atoms with E-state index in [1.807, 2.05) is 24.0 Å². The highest BCUT2D eigenvalue weighted by atomic mass is 19.1. The van der Waals surface area contributed by atoms with Crippen LogP contribution in [0.15, 0.2) is 30.5 Å². The number of aryl methyl sites for hydroxylation is 1. The van der Waals surface area contributed by atoms with E-state index in [9.17, 15) is 14.0 Å². The standard InChI is InChI=1S/C23H27FN4O3/c1-14-10-17(27-20-5-4-16(24)13-25-20)11-19(26-14)15-6-8-28(9-7-15)22(30)18-12-21(29)31-23(18,2)3/h4-5,10-11,13,15,18H,6-9,12H2,1-3H3,(H,25,26,27). The number of amides is 1. The van der Waals surface area contributed by atoms with E-state index in [2.05, 4.69) is 10.3 Å². The van der Waals surface area contributed by atoms with Gasteiger partial charge in [-0.15, -0.1) is 0 Å². The topological polar surface area (TPSA) is 84.4 Å². The van der Waals surface area contributed by atoms with Gasteiger partial charge in [0.2, 0.25) is 5.91 Å². The van der Waals surface area contributed by atoms with Crippen LogP contribution in [-0.2, 0) is 14.3 Å². The van der Waals surface area contributed by atoms with Crippen molar-refractivity contribution in [1.82, 2.24) is 14.9 Å². The van der Waals surface area contributed by atoms with Crippen LogP contribution in [0.4, 0.5) is 15.9 Å². The van der Waals surface area contributed by atoms with Gasteiger partial charge in [-0.3, -0.25) is 14.6 Å². The summed E-state index contributed by atoms with van der Waals surface area (Å²) in [5.41, 5.74) is 1.95. The number of ether oxygens (including phenoxy) is 1. The highest BCUT2D eigenvalue weighted by molar-refractivity contribution is 5.87. The predicted molar refractivity (Wildman–Crippen MR) is 113 cm³/mol. The number of carbonyl (C=O) groups is 2. The van der Waals surface area contributed by atoms with E-state index in [-0.39, 0.29) is 30.0 Å². The van der Waals surface area contributed by atoms with Gasteiger partial charge in [-0.2, -0.15) is 0 Å². The number of cyclic esters (lactones) is 1. The lowest BCUT2D eigenvalue weighted by atomic mass is 9.87. The third-order valence-corrected chi connectivity index (χ3v) is 6.08. The molecule has 164 valence electrons. The number of anilines is 2. The van der Waals surface area contributed by atoms with Gasteiger partial charge < -0.3 is 15.0 Å². The van der Waals surface area contributed by atoms with Crippen LogP contribution >= 0.6 is 0 Å². The van der Waals surface area contributed by atoms with Crippen LogP contribution in [0.2, 0.25) is 0 Å². The summed E-state index contributed by atoms with van der Waals surface area (Å²) in [5.74, 6) is -0.313. The lowest BCUT2D eigenvalue weighted by Gasteiger charge is -2.35. The molecule has 4 rings (SSSR count). The zero-order valence-corrected chi connectivity index (χ0v) is 18.0. The maximum absolute atomic E-state index is 13.1. The lowest BCUT2D eigenvalue weighted by Crippen LogP contribution is -2.46. The first-order valence-electron chi connectivity index (χ1n) is 10.6. The maximum Gasteiger partial charge on any atom is 0.307 e. The average molecular weight is 426 g/mol. The molecule has 2 saturated heterocycles. The number of halogens is 1. The Morgan fingerprint density at radius 3 is 2.61 bits per heavy atom. The molecule has 0 aliphatic carbocycles. The zero-order valence-electron chi connectivity index (χ0n) is 18.0. The smallest absolute Gasteiger partial charge is 0.307 e. The Bertz CT molecular complexity index is 985. The molecule has 0 radical (unpaired) electrons. The summed E-state index contributed by atoms with van der Waals surface area (Å²) in [6.07, 6.45) is 2.93. The monoisotopic (exact) mass is 426 g/mol. The summed E-state index contributed by atoms with van der Waals surface area (Å²) < 4.78 is 18.4. The molecule has 2 fully saturated rings. The number of nitrogens with one attached hydrogen (secondary N) is 1. The minimum atomic E-state index is -0.752. The van der Waals surface area contributed by atoms with Crippen molar-refractivity contribution in [1.29, 1.82) is 0 Å². The van der Waals surface area contributed by atoms with Crippen LogP contribution in [0.25, 0.3) is 0 Å². The third-order valence-electron chi connectivity index (χ3n) is 6.08. The summed E-state index contributed by atoms with van der Waals surface area (Å²) in [6, 6.07) is 6.87. The SMILES string of the molecule is Cc1cc(Nc2ccc(F)cn2)cc(C2CCN(C(=O)C3CC(=O)OC3(C)C)CC2)n1. The quantitative estimate of drug-likeness (QED) is 0.751. The molecule has 1 unspecified atom stereocenters. The second-order valence-corrected chi connectivity index (χ2v) is 8.84. The van der Waals surface area contributed by atoms with Crippen LogP contribution in [0.3, 0.4) is 0 Å². The van der Waals surface area contributed by atoms with Crippen LogP contribution in [0.5, 0.6) is 0 Å². The minimum absolute atomic E-state index is 0.00348. The summed E-state index contributed by atoms with van der Waals surface area (Å²) >= 11 is 0. The molecule has 1 amide bonds. The summed E-state index contributed by atoms with van der Waals surface area (Å²) in [4.78, 5) is 35.2. The van der Waals surface area contributed by atoms with Crippen LogP contribution in [-0.4, -0.2) is 45.4 Å². The van der Waals surface area contributed by atoms with E-state index in [0.29, 0.717) is 18.9 Å². The molecule has 8 heteroatoms. The van der Waals surface area contributed by atoms with E-state index in [1.165, 1.54) is 12.3 Å². The van der Waals surface area contributed by atoms with Crippen LogP contribution < -0.4 is 5.32 Å². The van der Waals surface area contributed by atoms with Gasteiger partial charge in [0.15, 0.2) is 0 Å². The molecule has 31 heavy (non-hydrogen) atoms. The molecule has 2 aromatic rings. The second kappa shape index (κ2) is 8.24. The van der Waals surface area contributed by atoms with Crippen molar-refractivity contribution in [2.24, 2.45) is 5.92 Å². The maximum atomic E-state index is 13.1. The summed E-state index contributed by atoms with van der Waals surface area (Å²) in [6.45, 7) is 6.79. The lowest BCUT2D eigenvalue weighted by molar-refractivity contribution is -0.149. The molecular formula is C23H27FN4O3. The van der Waals surface area contributed by atoms with E-state index in [1.54, 1.807) is 19.9 Å². The molecule has 4 heterocycles. The molecule has 0 aromatic carbocycles. The molecule has 2 aliphatic heterocycles. The Balaban J connectivity index is 1.41. The molecule has 1 atom stereocenters. The van der Waals surface area contributed by atoms with E-state index >= 15 is 0 Å². The molecule has 0 saturated carbocycles. The van der Waals surface area contributed by atoms with E-state index in [4.69, 9.17) is 9.72 Å². The number of nitrogens with zero attached hydrogens (tertiary/aromatic N) is 3. The van der Waals surface area contributed by atoms with Gasteiger partial charge in [0.05, 0.1) is 18.5 Å². The zero-order chi connectivity index (χ0) is 22.2. The number of aromatic nitrogens is 2. The number of carbonyl (C=O) groups excluding carboxylic acids is 2. The van der Waals surface area contributed by atoms with Gasteiger partial charge in [-0.05, 0) is 57.9 Å². The average Bonchev–Trinajstić information content (AvgIpc) is 3.01. The van der Waals surface area contributed by atoms with E-state index < -0.39 is 11.5 Å². The Morgan fingerprint density at radius 2 is 2.00 bits per heavy atom. The van der Waals surface area contributed by atoms with Gasteiger partial charge >= 0.3 is 5.97 Å². The summed E-state index contributed by atoms with van der Waals surface area (Å²) in [7, 11) is 0. The molecule has 2 aromatic heterocycles. The fraction of sp³-hybridized carbons (Fsp3) is 0.478. The van der Waals surface area contributed by atoms with Crippen molar-refractivity contribution in [3.8, 4) is 0 Å². The molecule has 0 bridgehead atoms. The number of hydrogen-bond acceptors (Lipinski definition) is 6. The first-order valence-corrected chi connectivity index (χ1v) is 10.6. The van der Waals surface area contributed by atoms with Gasteiger partial charge in [0.1, 0.15) is 17.2 Å². The number of piperidine rings is 1. The highest BCUT2D eigenvalue weighted by Gasteiger charge is 2.47. The Morgan fingerprint density at radius 1 is 1.26 bits per heavy atom. The molecule has 0 spiro atoms. The number of hydrogen-bond donors (Lipinski definition) is 1. The fourth-order valence-corrected chi connectivity index (χ4v) is 4.39. The second-order valence-electron chi connectivity index (χ2n) is 8.84. The fourth-order valence-electron chi connectivity index (χ4n) is 4.39. The van der Waals surface area contributed by atoms with Crippen LogP contribution in [0, 0.1) is 18.7 Å². The van der Waals surface area contributed by atoms with Crippen LogP contribution in [0.1, 0.15) is 50.4 Å². The minimum Gasteiger partial charge on any atom is -0.459 e. The van der Waals surface area contributed by atoms with E-state index in [0.717, 1.165) is 29.9 Å². The molecule has 1 N–H and O–H groups in total. The number of rotatable bonds is 4. The Labute approximate surface area is 181 Å². The van der Waals surface area contributed by atoms with Gasteiger partial charge in [0.25, 0.3) is 0 Å². The molecular weight excluding hydrogens is 399 g/mol. The number of pyridine rings is 2. The van der Waals surface area contributed by atoms with Gasteiger partial charge in [-0.1, -0.05) is 0 Å². The number of likely N-dealkylation sites (tertiary alicyclic amines) is 1. The van der Waals surface area contributed by atoms with Crippen molar-refractivity contribution in [3.63, 3.8) is 0 Å². The Kier molecular flexibility index (Phi) is 5.64. The highest BCUT2D eigenvalue weighted by Crippen LogP contribution is 2.36. The van der Waals surface area contributed by atoms with Crippen molar-refractivity contribution in [3.05, 3.63) is 47.7 Å².